The molecule has 2 aromatic rings. The number of amides is 3. The summed E-state index contributed by atoms with van der Waals surface area (Å²) < 4.78 is 4.94. The number of aryl methyl sites for hydroxylation is 1. The first-order chi connectivity index (χ1) is 11.4. The number of anilines is 1. The summed E-state index contributed by atoms with van der Waals surface area (Å²) >= 11 is 0. The predicted molar refractivity (Wildman–Crippen MR) is 85.8 cm³/mol. The van der Waals surface area contributed by atoms with Gasteiger partial charge in [0.1, 0.15) is 0 Å². The van der Waals surface area contributed by atoms with E-state index in [2.05, 4.69) is 10.5 Å². The van der Waals surface area contributed by atoms with E-state index in [-0.39, 0.29) is 34.7 Å². The molecule has 1 aliphatic rings. The quantitative estimate of drug-likeness (QED) is 0.871. The lowest BCUT2D eigenvalue weighted by atomic mass is 10.1. The molecule has 2 heterocycles. The lowest BCUT2D eigenvalue weighted by molar-refractivity contribution is 0.0636. The van der Waals surface area contributed by atoms with Crippen LogP contribution < -0.4 is 5.32 Å². The Balaban J connectivity index is 1.85. The van der Waals surface area contributed by atoms with Gasteiger partial charge in [0, 0.05) is 18.2 Å². The number of nitrogens with zero attached hydrogens (tertiary/aromatic N) is 2. The average molecular weight is 327 g/mol. The van der Waals surface area contributed by atoms with Gasteiger partial charge in [0.05, 0.1) is 16.8 Å². The van der Waals surface area contributed by atoms with Crippen LogP contribution in [0.1, 0.15) is 50.6 Å². The molecule has 1 aliphatic heterocycles. The highest BCUT2D eigenvalue weighted by atomic mass is 16.5. The van der Waals surface area contributed by atoms with Crippen molar-refractivity contribution in [1.29, 1.82) is 0 Å². The van der Waals surface area contributed by atoms with Crippen LogP contribution in [0.4, 0.5) is 5.88 Å². The molecule has 7 heteroatoms. The largest absolute Gasteiger partial charge is 0.338 e. The van der Waals surface area contributed by atoms with E-state index in [1.807, 2.05) is 13.8 Å². The van der Waals surface area contributed by atoms with Crippen LogP contribution in [0.15, 0.2) is 28.8 Å². The third kappa shape index (κ3) is 2.80. The summed E-state index contributed by atoms with van der Waals surface area (Å²) in [6, 6.07) is 6.05. The number of carbonyl (C=O) groups excluding carboxylic acids is 3. The minimum atomic E-state index is -0.434. The van der Waals surface area contributed by atoms with E-state index in [1.165, 1.54) is 23.1 Å². The standard InChI is InChI=1S/C17H17N3O4/c1-9(2)8-20-16(22)12-5-4-11(7-13(12)17(20)23)15(21)18-14-6-10(3)19-24-14/h4-7,9H,8H2,1-3H3,(H,18,21). The molecule has 0 spiro atoms. The highest BCUT2D eigenvalue weighted by Crippen LogP contribution is 2.25. The fourth-order valence-corrected chi connectivity index (χ4v) is 2.57. The number of rotatable bonds is 4. The third-order valence-electron chi connectivity index (χ3n) is 3.65. The Morgan fingerprint density at radius 2 is 1.92 bits per heavy atom. The van der Waals surface area contributed by atoms with Gasteiger partial charge in [-0.25, -0.2) is 0 Å². The van der Waals surface area contributed by atoms with E-state index < -0.39 is 5.91 Å². The van der Waals surface area contributed by atoms with Crippen molar-refractivity contribution < 1.29 is 18.9 Å². The Morgan fingerprint density at radius 1 is 1.21 bits per heavy atom. The van der Waals surface area contributed by atoms with Crippen LogP contribution in [0.3, 0.4) is 0 Å². The monoisotopic (exact) mass is 327 g/mol. The predicted octanol–water partition coefficient (Wildman–Crippen LogP) is 2.49. The molecule has 0 unspecified atom stereocenters. The molecule has 0 bridgehead atoms. The molecule has 0 fully saturated rings. The summed E-state index contributed by atoms with van der Waals surface area (Å²) in [5, 5.41) is 6.25. The number of nitrogens with one attached hydrogen (secondary N) is 1. The van der Waals surface area contributed by atoms with Crippen LogP contribution in [0.2, 0.25) is 0 Å². The van der Waals surface area contributed by atoms with E-state index in [4.69, 9.17) is 4.52 Å². The molecule has 1 aromatic heterocycles. The zero-order valence-corrected chi connectivity index (χ0v) is 13.6. The first-order valence-electron chi connectivity index (χ1n) is 7.61. The normalized spacial score (nSPS) is 13.6. The minimum Gasteiger partial charge on any atom is -0.338 e. The zero-order chi connectivity index (χ0) is 17.4. The number of benzene rings is 1. The van der Waals surface area contributed by atoms with Gasteiger partial charge >= 0.3 is 0 Å². The van der Waals surface area contributed by atoms with Crippen LogP contribution in [0.5, 0.6) is 0 Å². The second kappa shape index (κ2) is 5.92. The number of fused-ring (bicyclic) bond motifs is 1. The SMILES string of the molecule is Cc1cc(NC(=O)c2ccc3c(c2)C(=O)N(CC(C)C)C3=O)on1. The Labute approximate surface area is 138 Å². The molecule has 1 aromatic carbocycles. The van der Waals surface area contributed by atoms with Gasteiger partial charge in [-0.2, -0.15) is 0 Å². The third-order valence-corrected chi connectivity index (χ3v) is 3.65. The van der Waals surface area contributed by atoms with E-state index in [1.54, 1.807) is 13.0 Å². The fourth-order valence-electron chi connectivity index (χ4n) is 2.57. The minimum absolute atomic E-state index is 0.171. The van der Waals surface area contributed by atoms with Crippen molar-refractivity contribution in [2.45, 2.75) is 20.8 Å². The fraction of sp³-hybridized carbons (Fsp3) is 0.294. The molecule has 3 rings (SSSR count). The maximum Gasteiger partial charge on any atom is 0.261 e. The van der Waals surface area contributed by atoms with Crippen LogP contribution in [-0.4, -0.2) is 34.3 Å². The molecule has 7 nitrogen and oxygen atoms in total. The molecule has 1 N–H and O–H groups in total. The highest BCUT2D eigenvalue weighted by Gasteiger charge is 2.36. The van der Waals surface area contributed by atoms with Crippen molar-refractivity contribution in [2.75, 3.05) is 11.9 Å². The van der Waals surface area contributed by atoms with Crippen molar-refractivity contribution >= 4 is 23.6 Å². The summed E-state index contributed by atoms with van der Waals surface area (Å²) in [6.45, 7) is 5.96. The Kier molecular flexibility index (Phi) is 3.92. The topological polar surface area (TPSA) is 92.5 Å². The number of aromatic nitrogens is 1. The molecule has 0 atom stereocenters. The van der Waals surface area contributed by atoms with Gasteiger partial charge in [-0.05, 0) is 31.0 Å². The van der Waals surface area contributed by atoms with E-state index in [9.17, 15) is 14.4 Å². The van der Waals surface area contributed by atoms with Crippen LogP contribution >= 0.6 is 0 Å². The summed E-state index contributed by atoms with van der Waals surface area (Å²) in [7, 11) is 0. The summed E-state index contributed by atoms with van der Waals surface area (Å²) in [5.74, 6) is -0.724. The number of hydrogen-bond donors (Lipinski definition) is 1. The van der Waals surface area contributed by atoms with Gasteiger partial charge < -0.3 is 4.52 Å². The lowest BCUT2D eigenvalue weighted by Gasteiger charge is -2.15. The molecular weight excluding hydrogens is 310 g/mol. The molecule has 0 radical (unpaired) electrons. The number of hydrogen-bond acceptors (Lipinski definition) is 5. The summed E-state index contributed by atoms with van der Waals surface area (Å²) in [4.78, 5) is 38.2. The number of carbonyl (C=O) groups is 3. The average Bonchev–Trinajstić information content (AvgIpc) is 3.04. The summed E-state index contributed by atoms with van der Waals surface area (Å²) in [5.41, 5.74) is 1.49. The zero-order valence-electron chi connectivity index (χ0n) is 13.6. The smallest absolute Gasteiger partial charge is 0.261 e. The lowest BCUT2D eigenvalue weighted by Crippen LogP contribution is -2.33. The molecule has 0 saturated carbocycles. The van der Waals surface area contributed by atoms with Gasteiger partial charge in [0.2, 0.25) is 5.88 Å². The van der Waals surface area contributed by atoms with E-state index in [0.717, 1.165) is 0 Å². The van der Waals surface area contributed by atoms with Gasteiger partial charge in [0.25, 0.3) is 17.7 Å². The van der Waals surface area contributed by atoms with Crippen LogP contribution in [-0.2, 0) is 0 Å². The second-order valence-electron chi connectivity index (χ2n) is 6.16. The molecule has 124 valence electrons. The Bertz CT molecular complexity index is 838. The second-order valence-corrected chi connectivity index (χ2v) is 6.16. The van der Waals surface area contributed by atoms with Crippen molar-refractivity contribution in [3.05, 3.63) is 46.6 Å². The van der Waals surface area contributed by atoms with Gasteiger partial charge in [-0.1, -0.05) is 19.0 Å². The van der Waals surface area contributed by atoms with Crippen LogP contribution in [0, 0.1) is 12.8 Å². The van der Waals surface area contributed by atoms with Crippen LogP contribution in [0.25, 0.3) is 0 Å². The van der Waals surface area contributed by atoms with Gasteiger partial charge in [-0.3, -0.25) is 24.6 Å². The van der Waals surface area contributed by atoms with Crippen molar-refractivity contribution in [3.8, 4) is 0 Å². The Hall–Kier alpha value is -2.96. The summed E-state index contributed by atoms with van der Waals surface area (Å²) in [6.07, 6.45) is 0. The van der Waals surface area contributed by atoms with Crippen molar-refractivity contribution in [1.82, 2.24) is 10.1 Å². The molecule has 24 heavy (non-hydrogen) atoms. The van der Waals surface area contributed by atoms with E-state index in [0.29, 0.717) is 17.8 Å². The molecular formula is C17H17N3O4. The first kappa shape index (κ1) is 15.9. The van der Waals surface area contributed by atoms with Crippen molar-refractivity contribution in [2.24, 2.45) is 5.92 Å². The molecule has 0 saturated heterocycles. The Morgan fingerprint density at radius 3 is 2.54 bits per heavy atom. The van der Waals surface area contributed by atoms with E-state index >= 15 is 0 Å². The van der Waals surface area contributed by atoms with Gasteiger partial charge in [0.15, 0.2) is 0 Å². The molecule has 0 aliphatic carbocycles. The van der Waals surface area contributed by atoms with Crippen molar-refractivity contribution in [3.63, 3.8) is 0 Å². The maximum absolute atomic E-state index is 12.4. The first-order valence-corrected chi connectivity index (χ1v) is 7.61. The molecule has 3 amide bonds. The maximum atomic E-state index is 12.4. The highest BCUT2D eigenvalue weighted by molar-refractivity contribution is 6.22. The van der Waals surface area contributed by atoms with Gasteiger partial charge in [-0.15, -0.1) is 0 Å². The number of imide groups is 1.